The first kappa shape index (κ1) is 14.7. The fourth-order valence-electron chi connectivity index (χ4n) is 2.87. The van der Waals surface area contributed by atoms with Crippen LogP contribution in [0.15, 0.2) is 33.7 Å². The molecule has 0 amide bonds. The minimum absolute atomic E-state index is 0.0424. The first-order valence-electron chi connectivity index (χ1n) is 7.19. The Balaban J connectivity index is 1.82. The zero-order chi connectivity index (χ0) is 15.0. The SMILES string of the molecule is CC(N)C1CCN(Cc2cc(=O)n3cc(Br)ccc3n2)C1. The summed E-state index contributed by atoms with van der Waals surface area (Å²) in [4.78, 5) is 19.1. The van der Waals surface area contributed by atoms with E-state index in [1.807, 2.05) is 12.1 Å². The van der Waals surface area contributed by atoms with Crippen molar-refractivity contribution >= 4 is 21.6 Å². The van der Waals surface area contributed by atoms with Gasteiger partial charge < -0.3 is 5.73 Å². The third-order valence-corrected chi connectivity index (χ3v) is 4.58. The largest absolute Gasteiger partial charge is 0.328 e. The Morgan fingerprint density at radius 3 is 3.05 bits per heavy atom. The molecule has 21 heavy (non-hydrogen) atoms. The van der Waals surface area contributed by atoms with Crippen LogP contribution in [0.1, 0.15) is 19.0 Å². The summed E-state index contributed by atoms with van der Waals surface area (Å²) in [5, 5.41) is 0. The Labute approximate surface area is 131 Å². The average Bonchev–Trinajstić information content (AvgIpc) is 2.88. The van der Waals surface area contributed by atoms with Crippen LogP contribution in [-0.2, 0) is 6.54 Å². The first-order chi connectivity index (χ1) is 10.0. The van der Waals surface area contributed by atoms with Gasteiger partial charge in [-0.25, -0.2) is 4.98 Å². The Morgan fingerprint density at radius 1 is 1.52 bits per heavy atom. The zero-order valence-corrected chi connectivity index (χ0v) is 13.6. The second-order valence-corrected chi connectivity index (χ2v) is 6.72. The third-order valence-electron chi connectivity index (χ3n) is 4.11. The van der Waals surface area contributed by atoms with Crippen molar-refractivity contribution in [1.29, 1.82) is 0 Å². The van der Waals surface area contributed by atoms with E-state index in [4.69, 9.17) is 5.73 Å². The fourth-order valence-corrected chi connectivity index (χ4v) is 3.21. The highest BCUT2D eigenvalue weighted by molar-refractivity contribution is 9.10. The highest BCUT2D eigenvalue weighted by Gasteiger charge is 2.25. The van der Waals surface area contributed by atoms with E-state index in [-0.39, 0.29) is 11.6 Å². The molecule has 5 nitrogen and oxygen atoms in total. The molecule has 2 aromatic rings. The molecule has 1 saturated heterocycles. The molecule has 0 spiro atoms. The summed E-state index contributed by atoms with van der Waals surface area (Å²) in [6.07, 6.45) is 2.87. The number of nitrogens with two attached hydrogens (primary N) is 1. The highest BCUT2D eigenvalue weighted by atomic mass is 79.9. The molecule has 2 aromatic heterocycles. The van der Waals surface area contributed by atoms with E-state index in [2.05, 4.69) is 32.7 Å². The maximum atomic E-state index is 12.2. The van der Waals surface area contributed by atoms with Crippen LogP contribution in [0.3, 0.4) is 0 Å². The van der Waals surface area contributed by atoms with Crippen LogP contribution in [-0.4, -0.2) is 33.4 Å². The second kappa shape index (κ2) is 5.87. The lowest BCUT2D eigenvalue weighted by molar-refractivity contribution is 0.305. The summed E-state index contributed by atoms with van der Waals surface area (Å²) in [5.74, 6) is 0.544. The van der Waals surface area contributed by atoms with Crippen LogP contribution in [0.25, 0.3) is 5.65 Å². The van der Waals surface area contributed by atoms with Crippen molar-refractivity contribution in [3.63, 3.8) is 0 Å². The van der Waals surface area contributed by atoms with Gasteiger partial charge in [0.15, 0.2) is 0 Å². The standard InChI is InChI=1S/C15H19BrN4O/c1-10(17)11-4-5-19(7-11)9-13-6-15(21)20-8-12(16)2-3-14(20)18-13/h2-3,6,8,10-11H,4-5,7,9,17H2,1H3. The van der Waals surface area contributed by atoms with Crippen molar-refractivity contribution in [1.82, 2.24) is 14.3 Å². The maximum Gasteiger partial charge on any atom is 0.258 e. The summed E-state index contributed by atoms with van der Waals surface area (Å²) >= 11 is 3.37. The van der Waals surface area contributed by atoms with Gasteiger partial charge in [-0.1, -0.05) is 0 Å². The van der Waals surface area contributed by atoms with Crippen LogP contribution in [0.5, 0.6) is 0 Å². The van der Waals surface area contributed by atoms with Crippen molar-refractivity contribution < 1.29 is 0 Å². The maximum absolute atomic E-state index is 12.2. The quantitative estimate of drug-likeness (QED) is 0.913. The van der Waals surface area contributed by atoms with E-state index in [0.717, 1.165) is 29.7 Å². The lowest BCUT2D eigenvalue weighted by Gasteiger charge is -2.17. The van der Waals surface area contributed by atoms with Crippen molar-refractivity contribution in [2.75, 3.05) is 13.1 Å². The molecule has 1 aliphatic heterocycles. The van der Waals surface area contributed by atoms with Gasteiger partial charge >= 0.3 is 0 Å². The lowest BCUT2D eigenvalue weighted by atomic mass is 10.0. The molecule has 2 atom stereocenters. The monoisotopic (exact) mass is 350 g/mol. The molecule has 112 valence electrons. The number of pyridine rings is 1. The van der Waals surface area contributed by atoms with Crippen LogP contribution in [0, 0.1) is 5.92 Å². The molecule has 1 fully saturated rings. The highest BCUT2D eigenvalue weighted by Crippen LogP contribution is 2.20. The molecule has 0 radical (unpaired) electrons. The number of halogens is 1. The number of fused-ring (bicyclic) bond motifs is 1. The van der Waals surface area contributed by atoms with Crippen molar-refractivity contribution in [3.05, 3.63) is 44.9 Å². The summed E-state index contributed by atoms with van der Waals surface area (Å²) in [6.45, 7) is 4.78. The van der Waals surface area contributed by atoms with Crippen LogP contribution >= 0.6 is 15.9 Å². The zero-order valence-electron chi connectivity index (χ0n) is 12.0. The Hall–Kier alpha value is -1.24. The van der Waals surface area contributed by atoms with Crippen LogP contribution < -0.4 is 11.3 Å². The van der Waals surface area contributed by atoms with Crippen molar-refractivity contribution in [3.8, 4) is 0 Å². The van der Waals surface area contributed by atoms with E-state index < -0.39 is 0 Å². The van der Waals surface area contributed by atoms with Gasteiger partial charge in [-0.3, -0.25) is 14.1 Å². The van der Waals surface area contributed by atoms with Crippen LogP contribution in [0.4, 0.5) is 0 Å². The second-order valence-electron chi connectivity index (χ2n) is 5.80. The third kappa shape index (κ3) is 3.17. The van der Waals surface area contributed by atoms with Crippen molar-refractivity contribution in [2.45, 2.75) is 25.9 Å². The number of aromatic nitrogens is 2. The first-order valence-corrected chi connectivity index (χ1v) is 7.98. The fraction of sp³-hybridized carbons (Fsp3) is 0.467. The van der Waals surface area contributed by atoms with Gasteiger partial charge in [0.25, 0.3) is 5.56 Å². The van der Waals surface area contributed by atoms with E-state index in [0.29, 0.717) is 18.1 Å². The van der Waals surface area contributed by atoms with Crippen molar-refractivity contribution in [2.24, 2.45) is 11.7 Å². The topological polar surface area (TPSA) is 63.6 Å². The van der Waals surface area contributed by atoms with E-state index >= 15 is 0 Å². The molecule has 6 heteroatoms. The molecule has 0 aromatic carbocycles. The predicted molar refractivity (Wildman–Crippen MR) is 86.2 cm³/mol. The lowest BCUT2D eigenvalue weighted by Crippen LogP contribution is -2.30. The molecule has 0 bridgehead atoms. The summed E-state index contributed by atoms with van der Waals surface area (Å²) in [7, 11) is 0. The van der Waals surface area contributed by atoms with Gasteiger partial charge in [0.2, 0.25) is 0 Å². The minimum atomic E-state index is -0.0424. The van der Waals surface area contributed by atoms with Gasteiger partial charge in [-0.05, 0) is 53.9 Å². The van der Waals surface area contributed by atoms with E-state index in [1.54, 1.807) is 16.7 Å². The van der Waals surface area contributed by atoms with Gasteiger partial charge in [-0.15, -0.1) is 0 Å². The molecule has 0 aliphatic carbocycles. The molecule has 2 N–H and O–H groups in total. The molecule has 3 rings (SSSR count). The number of hydrogen-bond donors (Lipinski definition) is 1. The molecule has 0 saturated carbocycles. The molecular weight excluding hydrogens is 332 g/mol. The number of likely N-dealkylation sites (tertiary alicyclic amines) is 1. The van der Waals surface area contributed by atoms with Gasteiger partial charge in [0.05, 0.1) is 5.69 Å². The van der Waals surface area contributed by atoms with Crippen LogP contribution in [0.2, 0.25) is 0 Å². The Kier molecular flexibility index (Phi) is 4.10. The normalized spacial score (nSPS) is 21.0. The van der Waals surface area contributed by atoms with Gasteiger partial charge in [-0.2, -0.15) is 0 Å². The summed E-state index contributed by atoms with van der Waals surface area (Å²) < 4.78 is 2.42. The Morgan fingerprint density at radius 2 is 2.33 bits per heavy atom. The van der Waals surface area contributed by atoms with E-state index in [9.17, 15) is 4.79 Å². The molecule has 1 aliphatic rings. The summed E-state index contributed by atoms with van der Waals surface area (Å²) in [6, 6.07) is 5.60. The molecule has 2 unspecified atom stereocenters. The van der Waals surface area contributed by atoms with Gasteiger partial charge in [0, 0.05) is 35.9 Å². The summed E-state index contributed by atoms with van der Waals surface area (Å²) in [5.41, 5.74) is 7.43. The number of rotatable bonds is 3. The predicted octanol–water partition coefficient (Wildman–Crippen LogP) is 1.63. The molecular formula is C15H19BrN4O. The molecule has 3 heterocycles. The smallest absolute Gasteiger partial charge is 0.258 e. The Bertz CT molecular complexity index is 712. The number of hydrogen-bond acceptors (Lipinski definition) is 4. The average molecular weight is 351 g/mol. The van der Waals surface area contributed by atoms with E-state index in [1.165, 1.54) is 0 Å². The minimum Gasteiger partial charge on any atom is -0.328 e. The number of nitrogens with zero attached hydrogens (tertiary/aromatic N) is 3. The van der Waals surface area contributed by atoms with Gasteiger partial charge in [0.1, 0.15) is 5.65 Å².